The van der Waals surface area contributed by atoms with Gasteiger partial charge in [-0.2, -0.15) is 0 Å². The Balaban J connectivity index is 1.71. The number of carbonyl (C=O) groups excluding carboxylic acids is 1. The van der Waals surface area contributed by atoms with E-state index in [2.05, 4.69) is 32.9 Å². The van der Waals surface area contributed by atoms with E-state index in [1.807, 2.05) is 12.1 Å². The molecule has 1 aliphatic heterocycles. The van der Waals surface area contributed by atoms with Crippen LogP contribution in [-0.4, -0.2) is 47.7 Å². The molecule has 27 heavy (non-hydrogen) atoms. The lowest BCUT2D eigenvalue weighted by Crippen LogP contribution is -2.46. The van der Waals surface area contributed by atoms with Gasteiger partial charge in [-0.25, -0.2) is 0 Å². The lowest BCUT2D eigenvalue weighted by atomic mass is 9.86. The number of carboxylic acid groups (broad SMARTS) is 1. The zero-order valence-corrected chi connectivity index (χ0v) is 15.9. The molecule has 1 atom stereocenters. The average molecular weight is 371 g/mol. The predicted molar refractivity (Wildman–Crippen MR) is 101 cm³/mol. The molecule has 1 saturated heterocycles. The van der Waals surface area contributed by atoms with Gasteiger partial charge < -0.3 is 19.2 Å². The maximum Gasteiger partial charge on any atom is 0.306 e. The second-order valence-corrected chi connectivity index (χ2v) is 7.83. The van der Waals surface area contributed by atoms with Gasteiger partial charge in [0.1, 0.15) is 5.76 Å². The van der Waals surface area contributed by atoms with E-state index in [1.165, 1.54) is 5.56 Å². The molecule has 1 fully saturated rings. The first kappa shape index (κ1) is 19.2. The quantitative estimate of drug-likeness (QED) is 0.889. The van der Waals surface area contributed by atoms with E-state index in [1.54, 1.807) is 17.0 Å². The average Bonchev–Trinajstić information content (AvgIpc) is 3.10. The Kier molecular flexibility index (Phi) is 5.37. The van der Waals surface area contributed by atoms with E-state index in [-0.39, 0.29) is 30.0 Å². The number of carbonyl (C=O) groups is 2. The Bertz CT molecular complexity index is 816. The second-order valence-electron chi connectivity index (χ2n) is 7.83. The minimum absolute atomic E-state index is 0.0750. The first-order chi connectivity index (χ1) is 12.7. The van der Waals surface area contributed by atoms with Crippen molar-refractivity contribution in [2.75, 3.05) is 19.7 Å². The van der Waals surface area contributed by atoms with Crippen molar-refractivity contribution >= 4 is 11.9 Å². The lowest BCUT2D eigenvalue weighted by molar-refractivity contribution is -0.141. The van der Waals surface area contributed by atoms with Gasteiger partial charge in [0.25, 0.3) is 5.91 Å². The summed E-state index contributed by atoms with van der Waals surface area (Å²) in [6, 6.07) is 11.6. The van der Waals surface area contributed by atoms with Gasteiger partial charge in [0, 0.05) is 18.7 Å². The molecule has 144 valence electrons. The van der Waals surface area contributed by atoms with Crippen LogP contribution >= 0.6 is 0 Å². The highest BCUT2D eigenvalue weighted by atomic mass is 16.5. The number of furan rings is 1. The molecule has 6 nitrogen and oxygen atoms in total. The van der Waals surface area contributed by atoms with E-state index in [0.29, 0.717) is 18.9 Å². The van der Waals surface area contributed by atoms with Gasteiger partial charge in [0.2, 0.25) is 0 Å². The van der Waals surface area contributed by atoms with Crippen molar-refractivity contribution in [3.05, 3.63) is 47.7 Å². The van der Waals surface area contributed by atoms with Crippen LogP contribution in [0.1, 0.15) is 43.3 Å². The van der Waals surface area contributed by atoms with E-state index < -0.39 is 12.1 Å². The number of hydrogen-bond donors (Lipinski definition) is 1. The Morgan fingerprint density at radius 3 is 2.48 bits per heavy atom. The summed E-state index contributed by atoms with van der Waals surface area (Å²) < 4.78 is 11.2. The Morgan fingerprint density at radius 2 is 1.85 bits per heavy atom. The molecular weight excluding hydrogens is 346 g/mol. The molecule has 1 aromatic carbocycles. The normalized spacial score (nSPS) is 17.7. The van der Waals surface area contributed by atoms with E-state index in [4.69, 9.17) is 14.3 Å². The van der Waals surface area contributed by atoms with Gasteiger partial charge >= 0.3 is 5.97 Å². The summed E-state index contributed by atoms with van der Waals surface area (Å²) in [5.41, 5.74) is 2.21. The van der Waals surface area contributed by atoms with Crippen molar-refractivity contribution in [2.45, 2.75) is 38.7 Å². The minimum Gasteiger partial charge on any atom is -0.481 e. The summed E-state index contributed by atoms with van der Waals surface area (Å²) >= 11 is 0. The molecule has 2 heterocycles. The number of ether oxygens (including phenoxy) is 1. The molecule has 2 aromatic rings. The predicted octanol–water partition coefficient (Wildman–Crippen LogP) is 3.56. The van der Waals surface area contributed by atoms with Gasteiger partial charge in [0.15, 0.2) is 5.76 Å². The summed E-state index contributed by atoms with van der Waals surface area (Å²) in [5.74, 6) is -0.297. The fourth-order valence-electron chi connectivity index (χ4n) is 3.12. The third kappa shape index (κ3) is 4.57. The standard InChI is InChI=1S/C21H25NO5/c1-21(2,3)15-6-4-14(5-7-15)17-8-9-18(27-17)20(25)22-10-11-26-16(13-22)12-19(23)24/h4-9,16H,10-13H2,1-3H3,(H,23,24). The Morgan fingerprint density at radius 1 is 1.15 bits per heavy atom. The molecular formula is C21H25NO5. The zero-order valence-electron chi connectivity index (χ0n) is 15.9. The second kappa shape index (κ2) is 7.56. The molecule has 0 spiro atoms. The third-order valence-corrected chi connectivity index (χ3v) is 4.68. The highest BCUT2D eigenvalue weighted by molar-refractivity contribution is 5.92. The maximum atomic E-state index is 12.7. The summed E-state index contributed by atoms with van der Waals surface area (Å²) in [6.07, 6.45) is -0.604. The van der Waals surface area contributed by atoms with Crippen molar-refractivity contribution in [1.82, 2.24) is 4.90 Å². The monoisotopic (exact) mass is 371 g/mol. The number of carboxylic acids is 1. The highest BCUT2D eigenvalue weighted by Gasteiger charge is 2.28. The van der Waals surface area contributed by atoms with Gasteiger partial charge in [-0.15, -0.1) is 0 Å². The van der Waals surface area contributed by atoms with Crippen molar-refractivity contribution in [3.8, 4) is 11.3 Å². The van der Waals surface area contributed by atoms with Crippen LogP contribution in [0.2, 0.25) is 0 Å². The molecule has 3 rings (SSSR count). The van der Waals surface area contributed by atoms with Crippen LogP contribution in [0.5, 0.6) is 0 Å². The SMILES string of the molecule is CC(C)(C)c1ccc(-c2ccc(C(=O)N3CCOC(CC(=O)O)C3)o2)cc1. The number of hydrogen-bond acceptors (Lipinski definition) is 4. The van der Waals surface area contributed by atoms with Crippen LogP contribution in [0.4, 0.5) is 0 Å². The lowest BCUT2D eigenvalue weighted by Gasteiger charge is -2.31. The van der Waals surface area contributed by atoms with Crippen LogP contribution in [0.25, 0.3) is 11.3 Å². The Labute approximate surface area is 158 Å². The number of benzene rings is 1. The topological polar surface area (TPSA) is 80.0 Å². The molecule has 1 aromatic heterocycles. The minimum atomic E-state index is -0.937. The van der Waals surface area contributed by atoms with Gasteiger partial charge in [-0.1, -0.05) is 45.0 Å². The first-order valence-corrected chi connectivity index (χ1v) is 9.07. The fraction of sp³-hybridized carbons (Fsp3) is 0.429. The summed E-state index contributed by atoms with van der Waals surface area (Å²) in [5, 5.41) is 8.90. The molecule has 1 N–H and O–H groups in total. The summed E-state index contributed by atoms with van der Waals surface area (Å²) in [4.78, 5) is 25.1. The number of aliphatic carboxylic acids is 1. The molecule has 1 amide bonds. The smallest absolute Gasteiger partial charge is 0.306 e. The molecule has 1 unspecified atom stereocenters. The molecule has 0 radical (unpaired) electrons. The van der Waals surface area contributed by atoms with Crippen molar-refractivity contribution in [2.24, 2.45) is 0 Å². The van der Waals surface area contributed by atoms with Gasteiger partial charge in [0.05, 0.1) is 19.1 Å². The maximum absolute atomic E-state index is 12.7. The van der Waals surface area contributed by atoms with E-state index in [0.717, 1.165) is 5.56 Å². The summed E-state index contributed by atoms with van der Waals surface area (Å²) in [7, 11) is 0. The Hall–Kier alpha value is -2.60. The fourth-order valence-corrected chi connectivity index (χ4v) is 3.12. The first-order valence-electron chi connectivity index (χ1n) is 9.07. The number of morpholine rings is 1. The molecule has 6 heteroatoms. The molecule has 0 aliphatic carbocycles. The van der Waals surface area contributed by atoms with Crippen molar-refractivity contribution in [3.63, 3.8) is 0 Å². The van der Waals surface area contributed by atoms with Gasteiger partial charge in [-0.05, 0) is 23.1 Å². The van der Waals surface area contributed by atoms with Crippen molar-refractivity contribution in [1.29, 1.82) is 0 Å². The molecule has 1 aliphatic rings. The van der Waals surface area contributed by atoms with Crippen LogP contribution < -0.4 is 0 Å². The highest BCUT2D eigenvalue weighted by Crippen LogP contribution is 2.27. The molecule has 0 bridgehead atoms. The number of amides is 1. The van der Waals surface area contributed by atoms with E-state index in [9.17, 15) is 9.59 Å². The zero-order chi connectivity index (χ0) is 19.6. The van der Waals surface area contributed by atoms with Gasteiger partial charge in [-0.3, -0.25) is 9.59 Å². The third-order valence-electron chi connectivity index (χ3n) is 4.68. The van der Waals surface area contributed by atoms with Crippen LogP contribution in [-0.2, 0) is 14.9 Å². The number of nitrogens with zero attached hydrogens (tertiary/aromatic N) is 1. The largest absolute Gasteiger partial charge is 0.481 e. The number of rotatable bonds is 4. The summed E-state index contributed by atoms with van der Waals surface area (Å²) in [6.45, 7) is 7.47. The van der Waals surface area contributed by atoms with E-state index >= 15 is 0 Å². The van der Waals surface area contributed by atoms with Crippen LogP contribution in [0.3, 0.4) is 0 Å². The molecule has 0 saturated carbocycles. The van der Waals surface area contributed by atoms with Crippen molar-refractivity contribution < 1.29 is 23.8 Å². The van der Waals surface area contributed by atoms with Crippen LogP contribution in [0.15, 0.2) is 40.8 Å². The van der Waals surface area contributed by atoms with Crippen LogP contribution in [0, 0.1) is 0 Å².